The molecule has 0 bridgehead atoms. The summed E-state index contributed by atoms with van der Waals surface area (Å²) >= 11 is 0. The third-order valence-electron chi connectivity index (χ3n) is 1.85. The highest BCUT2D eigenvalue weighted by molar-refractivity contribution is 5.85. The number of halogens is 1. The Bertz CT molecular complexity index is 409. The number of hydrogen-bond acceptors (Lipinski definition) is 3. The van der Waals surface area contributed by atoms with Gasteiger partial charge in [-0.05, 0) is 19.1 Å². The van der Waals surface area contributed by atoms with E-state index in [9.17, 15) is 0 Å². The van der Waals surface area contributed by atoms with Crippen molar-refractivity contribution in [3.05, 3.63) is 18.3 Å². The lowest BCUT2D eigenvalue weighted by Crippen LogP contribution is -2.01. The number of pyridine rings is 1. The zero-order valence-electron chi connectivity index (χ0n) is 7.27. The van der Waals surface area contributed by atoms with Gasteiger partial charge in [0, 0.05) is 12.7 Å². The minimum atomic E-state index is 0. The molecule has 13 heavy (non-hydrogen) atoms. The summed E-state index contributed by atoms with van der Waals surface area (Å²) in [6, 6.07) is 3.76. The maximum Gasteiger partial charge on any atom is 0.202 e. The summed E-state index contributed by atoms with van der Waals surface area (Å²) in [6.45, 7) is 2.82. The molecule has 0 fully saturated rings. The fraction of sp³-hybridized carbons (Fsp3) is 0.250. The van der Waals surface area contributed by atoms with Crippen molar-refractivity contribution in [1.82, 2.24) is 14.5 Å². The number of anilines is 1. The lowest BCUT2D eigenvalue weighted by atomic mass is 10.4. The van der Waals surface area contributed by atoms with Gasteiger partial charge < -0.3 is 5.73 Å². The van der Waals surface area contributed by atoms with Crippen molar-refractivity contribution in [1.29, 1.82) is 0 Å². The fourth-order valence-corrected chi connectivity index (χ4v) is 1.29. The van der Waals surface area contributed by atoms with Crippen LogP contribution in [0.4, 0.5) is 5.95 Å². The smallest absolute Gasteiger partial charge is 0.202 e. The van der Waals surface area contributed by atoms with Gasteiger partial charge in [0.1, 0.15) is 5.52 Å². The third kappa shape index (κ3) is 1.45. The van der Waals surface area contributed by atoms with Crippen molar-refractivity contribution >= 4 is 29.5 Å². The van der Waals surface area contributed by atoms with Crippen LogP contribution in [0.5, 0.6) is 0 Å². The lowest BCUT2D eigenvalue weighted by molar-refractivity contribution is 0.791. The van der Waals surface area contributed by atoms with Crippen LogP contribution in [0.3, 0.4) is 0 Å². The van der Waals surface area contributed by atoms with Crippen LogP contribution in [-0.2, 0) is 6.54 Å². The Morgan fingerprint density at radius 1 is 1.54 bits per heavy atom. The van der Waals surface area contributed by atoms with Crippen LogP contribution in [0, 0.1) is 0 Å². The number of imidazole rings is 1. The first-order valence-corrected chi connectivity index (χ1v) is 3.89. The Balaban J connectivity index is 0.000000845. The molecule has 0 saturated heterocycles. The monoisotopic (exact) mass is 198 g/mol. The van der Waals surface area contributed by atoms with E-state index >= 15 is 0 Å². The van der Waals surface area contributed by atoms with Gasteiger partial charge in [-0.25, -0.2) is 9.97 Å². The fourth-order valence-electron chi connectivity index (χ4n) is 1.29. The van der Waals surface area contributed by atoms with Gasteiger partial charge in [-0.3, -0.25) is 4.57 Å². The SMILES string of the molecule is CCn1c(N)nc2cccnc21.Cl. The van der Waals surface area contributed by atoms with E-state index in [0.29, 0.717) is 5.95 Å². The Morgan fingerprint density at radius 2 is 2.31 bits per heavy atom. The Hall–Kier alpha value is -1.29. The predicted molar refractivity (Wildman–Crippen MR) is 54.9 cm³/mol. The number of nitrogens with two attached hydrogens (primary N) is 1. The molecule has 2 N–H and O–H groups in total. The lowest BCUT2D eigenvalue weighted by Gasteiger charge is -1.98. The van der Waals surface area contributed by atoms with Gasteiger partial charge in [0.25, 0.3) is 0 Å². The molecular formula is C8H11ClN4. The summed E-state index contributed by atoms with van der Waals surface area (Å²) < 4.78 is 1.88. The number of rotatable bonds is 1. The summed E-state index contributed by atoms with van der Waals surface area (Å²) in [4.78, 5) is 8.36. The number of aromatic nitrogens is 3. The molecule has 0 aliphatic heterocycles. The van der Waals surface area contributed by atoms with Crippen molar-refractivity contribution in [2.75, 3.05) is 5.73 Å². The quantitative estimate of drug-likeness (QED) is 0.755. The molecule has 0 aliphatic rings. The van der Waals surface area contributed by atoms with Crippen molar-refractivity contribution in [3.8, 4) is 0 Å². The van der Waals surface area contributed by atoms with E-state index in [1.807, 2.05) is 23.6 Å². The average molecular weight is 199 g/mol. The van der Waals surface area contributed by atoms with Gasteiger partial charge in [0.05, 0.1) is 0 Å². The highest BCUT2D eigenvalue weighted by Crippen LogP contribution is 2.13. The summed E-state index contributed by atoms with van der Waals surface area (Å²) in [6.07, 6.45) is 1.75. The largest absolute Gasteiger partial charge is 0.369 e. The van der Waals surface area contributed by atoms with Crippen LogP contribution in [0.15, 0.2) is 18.3 Å². The molecule has 0 amide bonds. The highest BCUT2D eigenvalue weighted by atomic mass is 35.5. The van der Waals surface area contributed by atoms with Gasteiger partial charge >= 0.3 is 0 Å². The van der Waals surface area contributed by atoms with E-state index in [1.54, 1.807) is 6.20 Å². The van der Waals surface area contributed by atoms with Crippen molar-refractivity contribution in [3.63, 3.8) is 0 Å². The third-order valence-corrected chi connectivity index (χ3v) is 1.85. The minimum absolute atomic E-state index is 0. The molecule has 0 unspecified atom stereocenters. The molecule has 4 nitrogen and oxygen atoms in total. The molecule has 2 aromatic heterocycles. The van der Waals surface area contributed by atoms with E-state index in [1.165, 1.54) is 0 Å². The number of nitrogen functional groups attached to an aromatic ring is 1. The number of nitrogens with zero attached hydrogens (tertiary/aromatic N) is 3. The first-order chi connectivity index (χ1) is 5.83. The van der Waals surface area contributed by atoms with E-state index in [4.69, 9.17) is 5.73 Å². The molecule has 0 saturated carbocycles. The van der Waals surface area contributed by atoms with Crippen LogP contribution in [-0.4, -0.2) is 14.5 Å². The van der Waals surface area contributed by atoms with Gasteiger partial charge in [-0.1, -0.05) is 0 Å². The van der Waals surface area contributed by atoms with E-state index < -0.39 is 0 Å². The van der Waals surface area contributed by atoms with E-state index in [2.05, 4.69) is 9.97 Å². The Morgan fingerprint density at radius 3 is 3.00 bits per heavy atom. The second kappa shape index (κ2) is 3.62. The summed E-state index contributed by atoms with van der Waals surface area (Å²) in [5.74, 6) is 0.534. The second-order valence-corrected chi connectivity index (χ2v) is 2.56. The summed E-state index contributed by atoms with van der Waals surface area (Å²) in [5.41, 5.74) is 7.39. The zero-order chi connectivity index (χ0) is 8.55. The summed E-state index contributed by atoms with van der Waals surface area (Å²) in [7, 11) is 0. The molecule has 70 valence electrons. The first-order valence-electron chi connectivity index (χ1n) is 3.89. The van der Waals surface area contributed by atoms with Crippen LogP contribution < -0.4 is 5.73 Å². The molecule has 0 spiro atoms. The maximum absolute atomic E-state index is 5.68. The number of hydrogen-bond donors (Lipinski definition) is 1. The molecule has 0 atom stereocenters. The predicted octanol–water partition coefficient (Wildman–Crippen LogP) is 1.46. The average Bonchev–Trinajstić information content (AvgIpc) is 2.40. The van der Waals surface area contributed by atoms with Crippen LogP contribution in [0.25, 0.3) is 11.2 Å². The second-order valence-electron chi connectivity index (χ2n) is 2.56. The molecule has 0 aromatic carbocycles. The van der Waals surface area contributed by atoms with Gasteiger partial charge in [0.2, 0.25) is 5.95 Å². The summed E-state index contributed by atoms with van der Waals surface area (Å²) in [5, 5.41) is 0. The molecular weight excluding hydrogens is 188 g/mol. The van der Waals surface area contributed by atoms with E-state index in [-0.39, 0.29) is 12.4 Å². The van der Waals surface area contributed by atoms with Crippen molar-refractivity contribution in [2.45, 2.75) is 13.5 Å². The normalized spacial score (nSPS) is 9.92. The standard InChI is InChI=1S/C8H10N4.ClH/c1-2-12-7-6(11-8(12)9)4-3-5-10-7;/h3-5H,2H2,1H3,(H2,9,11);1H. The van der Waals surface area contributed by atoms with Crippen LogP contribution in [0.1, 0.15) is 6.92 Å². The Kier molecular flexibility index (Phi) is 2.72. The number of fused-ring (bicyclic) bond motifs is 1. The molecule has 2 rings (SSSR count). The molecule has 0 radical (unpaired) electrons. The Labute approximate surface area is 82.2 Å². The van der Waals surface area contributed by atoms with Crippen LogP contribution in [0.2, 0.25) is 0 Å². The van der Waals surface area contributed by atoms with Crippen molar-refractivity contribution in [2.24, 2.45) is 0 Å². The maximum atomic E-state index is 5.68. The number of aryl methyl sites for hydroxylation is 1. The van der Waals surface area contributed by atoms with Gasteiger partial charge in [-0.15, -0.1) is 12.4 Å². The van der Waals surface area contributed by atoms with Crippen molar-refractivity contribution < 1.29 is 0 Å². The molecule has 2 aromatic rings. The van der Waals surface area contributed by atoms with Gasteiger partial charge in [-0.2, -0.15) is 0 Å². The molecule has 5 heteroatoms. The minimum Gasteiger partial charge on any atom is -0.369 e. The van der Waals surface area contributed by atoms with E-state index in [0.717, 1.165) is 17.7 Å². The molecule has 2 heterocycles. The van der Waals surface area contributed by atoms with Crippen LogP contribution >= 0.6 is 12.4 Å². The first kappa shape index (κ1) is 9.80. The van der Waals surface area contributed by atoms with Gasteiger partial charge in [0.15, 0.2) is 5.65 Å². The zero-order valence-corrected chi connectivity index (χ0v) is 8.08. The molecule has 0 aliphatic carbocycles. The highest BCUT2D eigenvalue weighted by Gasteiger charge is 2.05. The topological polar surface area (TPSA) is 56.7 Å².